The van der Waals surface area contributed by atoms with Crippen molar-refractivity contribution in [3.05, 3.63) is 47.8 Å². The first-order valence-electron chi connectivity index (χ1n) is 7.95. The van der Waals surface area contributed by atoms with E-state index in [4.69, 9.17) is 0 Å². The van der Waals surface area contributed by atoms with Crippen molar-refractivity contribution in [2.75, 3.05) is 18.4 Å². The Balaban J connectivity index is 1.40. The van der Waals surface area contributed by atoms with Crippen LogP contribution >= 0.6 is 0 Å². The molecule has 0 unspecified atom stereocenters. The van der Waals surface area contributed by atoms with E-state index in [1.807, 2.05) is 0 Å². The summed E-state index contributed by atoms with van der Waals surface area (Å²) in [6, 6.07) is 8.77. The van der Waals surface area contributed by atoms with E-state index in [0.29, 0.717) is 12.2 Å². The fraction of sp³-hybridized carbons (Fsp3) is 0.375. The summed E-state index contributed by atoms with van der Waals surface area (Å²) in [6.45, 7) is 4.23. The van der Waals surface area contributed by atoms with Gasteiger partial charge in [-0.25, -0.2) is 0 Å². The third kappa shape index (κ3) is 3.14. The van der Waals surface area contributed by atoms with Crippen LogP contribution in [0, 0.1) is 0 Å². The van der Waals surface area contributed by atoms with E-state index in [1.165, 1.54) is 37.1 Å². The van der Waals surface area contributed by atoms with E-state index >= 15 is 0 Å². The number of hydrogen-bond donors (Lipinski definition) is 1. The molecule has 0 amide bonds. The number of nitrogens with one attached hydrogen (secondary N) is 1. The fourth-order valence-electron chi connectivity index (χ4n) is 2.95. The second-order valence-electron chi connectivity index (χ2n) is 5.89. The number of aromatic nitrogens is 5. The number of hydrogen-bond acceptors (Lipinski definition) is 6. The molecule has 7 heteroatoms. The molecule has 0 radical (unpaired) electrons. The third-order valence-corrected chi connectivity index (χ3v) is 4.21. The van der Waals surface area contributed by atoms with Gasteiger partial charge in [-0.15, -0.1) is 5.10 Å². The van der Waals surface area contributed by atoms with E-state index < -0.39 is 0 Å². The van der Waals surface area contributed by atoms with Crippen molar-refractivity contribution in [2.24, 2.45) is 0 Å². The molecule has 3 heterocycles. The predicted molar refractivity (Wildman–Crippen MR) is 86.9 cm³/mol. The highest BCUT2D eigenvalue weighted by Crippen LogP contribution is 2.14. The first-order valence-corrected chi connectivity index (χ1v) is 7.95. The molecule has 0 bridgehead atoms. The van der Waals surface area contributed by atoms with Crippen molar-refractivity contribution in [3.63, 3.8) is 0 Å². The summed E-state index contributed by atoms with van der Waals surface area (Å²) >= 11 is 0. The predicted octanol–water partition coefficient (Wildman–Crippen LogP) is 1.73. The Morgan fingerprint density at radius 3 is 2.61 bits per heavy atom. The lowest BCUT2D eigenvalue weighted by Crippen LogP contribution is -2.18. The van der Waals surface area contributed by atoms with Crippen molar-refractivity contribution in [3.8, 4) is 0 Å². The van der Waals surface area contributed by atoms with Gasteiger partial charge in [-0.1, -0.05) is 24.3 Å². The summed E-state index contributed by atoms with van der Waals surface area (Å²) in [5, 5.41) is 14.8. The number of fused-ring (bicyclic) bond motifs is 1. The van der Waals surface area contributed by atoms with Gasteiger partial charge in [-0.3, -0.25) is 9.88 Å². The molecule has 1 aromatic carbocycles. The van der Waals surface area contributed by atoms with Crippen molar-refractivity contribution in [1.82, 2.24) is 29.9 Å². The third-order valence-electron chi connectivity index (χ3n) is 4.21. The monoisotopic (exact) mass is 309 g/mol. The second kappa shape index (κ2) is 6.29. The van der Waals surface area contributed by atoms with Crippen LogP contribution < -0.4 is 5.32 Å². The second-order valence-corrected chi connectivity index (χ2v) is 5.89. The Labute approximate surface area is 134 Å². The first-order chi connectivity index (χ1) is 11.4. The highest BCUT2D eigenvalue weighted by molar-refractivity contribution is 5.44. The van der Waals surface area contributed by atoms with Crippen LogP contribution in [0.5, 0.6) is 0 Å². The lowest BCUT2D eigenvalue weighted by Gasteiger charge is -2.14. The minimum Gasteiger partial charge on any atom is -0.365 e. The Bertz CT molecular complexity index is 774. The molecule has 1 aliphatic rings. The minimum atomic E-state index is 0.635. The number of tetrazole rings is 1. The molecule has 0 saturated carbocycles. The molecular formula is C16H19N7. The Hall–Kier alpha value is -2.54. The summed E-state index contributed by atoms with van der Waals surface area (Å²) in [7, 11) is 0. The number of benzene rings is 1. The van der Waals surface area contributed by atoms with Crippen LogP contribution in [-0.2, 0) is 13.1 Å². The van der Waals surface area contributed by atoms with Gasteiger partial charge in [0, 0.05) is 13.1 Å². The van der Waals surface area contributed by atoms with Gasteiger partial charge in [0.2, 0.25) is 0 Å². The summed E-state index contributed by atoms with van der Waals surface area (Å²) in [4.78, 5) is 6.65. The number of nitrogens with zero attached hydrogens (tertiary/aromatic N) is 6. The molecule has 23 heavy (non-hydrogen) atoms. The molecule has 3 aromatic rings. The van der Waals surface area contributed by atoms with Gasteiger partial charge in [0.05, 0.1) is 12.4 Å². The first kappa shape index (κ1) is 14.1. The average molecular weight is 309 g/mol. The van der Waals surface area contributed by atoms with Gasteiger partial charge >= 0.3 is 0 Å². The fourth-order valence-corrected chi connectivity index (χ4v) is 2.95. The van der Waals surface area contributed by atoms with Crippen LogP contribution in [-0.4, -0.2) is 43.0 Å². The molecule has 4 rings (SSSR count). The zero-order valence-electron chi connectivity index (χ0n) is 12.9. The standard InChI is InChI=1S/C16H19N7/c1-2-8-22(7-1)12-14-5-3-13(4-6-14)9-18-15-10-17-11-16-19-20-21-23(15)16/h3-6,10-11,18H,1-2,7-9,12H2. The largest absolute Gasteiger partial charge is 0.365 e. The van der Waals surface area contributed by atoms with E-state index in [9.17, 15) is 0 Å². The van der Waals surface area contributed by atoms with Crippen molar-refractivity contribution in [1.29, 1.82) is 0 Å². The lowest BCUT2D eigenvalue weighted by molar-refractivity contribution is 0.331. The maximum Gasteiger partial charge on any atom is 0.199 e. The van der Waals surface area contributed by atoms with Gasteiger partial charge < -0.3 is 5.32 Å². The van der Waals surface area contributed by atoms with Gasteiger partial charge in [-0.2, -0.15) is 4.52 Å². The molecule has 1 aliphatic heterocycles. The van der Waals surface area contributed by atoms with E-state index in [0.717, 1.165) is 12.4 Å². The maximum atomic E-state index is 4.14. The summed E-state index contributed by atoms with van der Waals surface area (Å²) in [5.41, 5.74) is 3.23. The highest BCUT2D eigenvalue weighted by Gasteiger charge is 2.11. The van der Waals surface area contributed by atoms with Crippen LogP contribution in [0.3, 0.4) is 0 Å². The van der Waals surface area contributed by atoms with E-state index in [2.05, 4.69) is 55.0 Å². The summed E-state index contributed by atoms with van der Waals surface area (Å²) in [6.07, 6.45) is 6.03. The Morgan fingerprint density at radius 1 is 1.00 bits per heavy atom. The molecule has 2 aromatic heterocycles. The SMILES string of the molecule is c1cc(CN2CCCC2)ccc1CNc1cncc2nnnn12. The molecule has 0 spiro atoms. The zero-order chi connectivity index (χ0) is 15.5. The zero-order valence-corrected chi connectivity index (χ0v) is 12.9. The van der Waals surface area contributed by atoms with Crippen LogP contribution in [0.25, 0.3) is 5.65 Å². The molecule has 1 saturated heterocycles. The van der Waals surface area contributed by atoms with Gasteiger partial charge in [0.15, 0.2) is 11.5 Å². The van der Waals surface area contributed by atoms with Gasteiger partial charge in [0.25, 0.3) is 0 Å². The maximum absolute atomic E-state index is 4.14. The number of likely N-dealkylation sites (tertiary alicyclic amines) is 1. The Morgan fingerprint density at radius 2 is 1.78 bits per heavy atom. The van der Waals surface area contributed by atoms with Gasteiger partial charge in [0.1, 0.15) is 0 Å². The molecule has 0 atom stereocenters. The van der Waals surface area contributed by atoms with E-state index in [-0.39, 0.29) is 0 Å². The van der Waals surface area contributed by atoms with Crippen LogP contribution in [0.2, 0.25) is 0 Å². The molecule has 1 N–H and O–H groups in total. The van der Waals surface area contributed by atoms with Crippen molar-refractivity contribution >= 4 is 11.5 Å². The Kier molecular flexibility index (Phi) is 3.85. The normalized spacial score (nSPS) is 15.3. The van der Waals surface area contributed by atoms with Crippen LogP contribution in [0.15, 0.2) is 36.7 Å². The molecule has 0 aliphatic carbocycles. The minimum absolute atomic E-state index is 0.635. The summed E-state index contributed by atoms with van der Waals surface area (Å²) < 4.78 is 1.65. The summed E-state index contributed by atoms with van der Waals surface area (Å²) in [5.74, 6) is 0.786. The topological polar surface area (TPSA) is 71.2 Å². The average Bonchev–Trinajstić information content (AvgIpc) is 3.25. The van der Waals surface area contributed by atoms with Crippen molar-refractivity contribution < 1.29 is 0 Å². The van der Waals surface area contributed by atoms with E-state index in [1.54, 1.807) is 16.9 Å². The highest BCUT2D eigenvalue weighted by atomic mass is 15.5. The number of anilines is 1. The smallest absolute Gasteiger partial charge is 0.199 e. The molecule has 7 nitrogen and oxygen atoms in total. The van der Waals surface area contributed by atoms with Crippen molar-refractivity contribution in [2.45, 2.75) is 25.9 Å². The molecular weight excluding hydrogens is 290 g/mol. The van der Waals surface area contributed by atoms with Gasteiger partial charge in [-0.05, 0) is 47.5 Å². The lowest BCUT2D eigenvalue weighted by atomic mass is 10.1. The quantitative estimate of drug-likeness (QED) is 0.774. The number of rotatable bonds is 5. The van der Waals surface area contributed by atoms with Crippen LogP contribution in [0.4, 0.5) is 5.82 Å². The molecule has 118 valence electrons. The molecule has 1 fully saturated rings. The van der Waals surface area contributed by atoms with Crippen LogP contribution in [0.1, 0.15) is 24.0 Å².